The summed E-state index contributed by atoms with van der Waals surface area (Å²) in [5, 5.41) is 9.66. The Morgan fingerprint density at radius 3 is 2.38 bits per heavy atom. The molecule has 7 aromatic rings. The Morgan fingerprint density at radius 2 is 1.54 bits per heavy atom. The zero-order chi connectivity index (χ0) is 25.0. The number of para-hydroxylation sites is 1. The van der Waals surface area contributed by atoms with Crippen molar-refractivity contribution in [1.29, 1.82) is 0 Å². The number of benzene rings is 4. The van der Waals surface area contributed by atoms with E-state index >= 15 is 0 Å². The highest BCUT2D eigenvalue weighted by molar-refractivity contribution is 6.29. The molecule has 2 heteroatoms. The molecule has 182 valence electrons. The first-order valence-corrected chi connectivity index (χ1v) is 13.9. The second-order valence-corrected chi connectivity index (χ2v) is 11.7. The Kier molecular flexibility index (Phi) is 4.31. The molecule has 0 radical (unpaired) electrons. The van der Waals surface area contributed by atoms with Gasteiger partial charge in [-0.3, -0.25) is 0 Å². The van der Waals surface area contributed by atoms with Gasteiger partial charge < -0.3 is 4.40 Å². The first kappa shape index (κ1) is 21.4. The normalized spacial score (nSPS) is 15.1. The average Bonchev–Trinajstić information content (AvgIpc) is 3.53. The standard InChI is InChI=1S/C35H33N2/c1-20-12-14-26-22(3)32-30(21(2)29(26)18-20)35-31-24(16-17-36(35)4)13-15-28-27-11-7-10-25(19-23-8-5-6-9-23)33(27)37(32)34(28)31/h7,10-18,23H,5-6,8-9,19H2,1-4H3/q+1. The predicted octanol–water partition coefficient (Wildman–Crippen LogP) is 8.63. The molecule has 0 saturated heterocycles. The Labute approximate surface area is 217 Å². The topological polar surface area (TPSA) is 8.29 Å². The van der Waals surface area contributed by atoms with Gasteiger partial charge in [0.2, 0.25) is 5.52 Å². The second-order valence-electron chi connectivity index (χ2n) is 11.7. The fourth-order valence-corrected chi connectivity index (χ4v) is 7.78. The molecule has 0 amide bonds. The molecule has 0 atom stereocenters. The Hall–Kier alpha value is -3.65. The van der Waals surface area contributed by atoms with E-state index in [1.54, 1.807) is 0 Å². The van der Waals surface area contributed by atoms with E-state index in [-0.39, 0.29) is 0 Å². The van der Waals surface area contributed by atoms with Crippen molar-refractivity contribution in [1.82, 2.24) is 4.40 Å². The number of hydrogen-bond donors (Lipinski definition) is 0. The fourth-order valence-electron chi connectivity index (χ4n) is 7.78. The van der Waals surface area contributed by atoms with Crippen molar-refractivity contribution in [3.63, 3.8) is 0 Å². The summed E-state index contributed by atoms with van der Waals surface area (Å²) in [4.78, 5) is 0. The van der Waals surface area contributed by atoms with Gasteiger partial charge in [0.25, 0.3) is 0 Å². The molecule has 1 aliphatic carbocycles. The molecule has 0 unspecified atom stereocenters. The van der Waals surface area contributed by atoms with Crippen LogP contribution >= 0.6 is 0 Å². The molecule has 0 N–H and O–H groups in total. The van der Waals surface area contributed by atoms with Gasteiger partial charge in [0.05, 0.1) is 27.3 Å². The maximum Gasteiger partial charge on any atom is 0.224 e. The SMILES string of the molecule is Cc1ccc2c(C)c3c(c(C)c2c1)c1c2c(ccc4c5cccc(CC6CCCC6)c5n3c42)cc[n+]1C. The minimum absolute atomic E-state index is 0.812. The summed E-state index contributed by atoms with van der Waals surface area (Å²) in [6.45, 7) is 6.90. The third kappa shape index (κ3) is 2.74. The average molecular weight is 482 g/mol. The molecular weight excluding hydrogens is 448 g/mol. The third-order valence-corrected chi connectivity index (χ3v) is 9.53. The zero-order valence-electron chi connectivity index (χ0n) is 22.3. The van der Waals surface area contributed by atoms with E-state index in [0.29, 0.717) is 0 Å². The van der Waals surface area contributed by atoms with Crippen LogP contribution in [0, 0.1) is 26.7 Å². The smallest absolute Gasteiger partial charge is 0.224 e. The van der Waals surface area contributed by atoms with Crippen molar-refractivity contribution in [2.45, 2.75) is 52.9 Å². The third-order valence-electron chi connectivity index (χ3n) is 9.53. The van der Waals surface area contributed by atoms with E-state index in [1.165, 1.54) is 114 Å². The van der Waals surface area contributed by atoms with Crippen LogP contribution in [0.15, 0.2) is 60.8 Å². The number of hydrogen-bond acceptors (Lipinski definition) is 0. The highest BCUT2D eigenvalue weighted by atomic mass is 15.0. The van der Waals surface area contributed by atoms with Crippen molar-refractivity contribution in [3.8, 4) is 0 Å². The minimum atomic E-state index is 0.812. The van der Waals surface area contributed by atoms with Crippen LogP contribution in [0.4, 0.5) is 0 Å². The van der Waals surface area contributed by atoms with Crippen LogP contribution in [0.25, 0.3) is 59.8 Å². The van der Waals surface area contributed by atoms with E-state index in [9.17, 15) is 0 Å². The van der Waals surface area contributed by atoms with E-state index in [4.69, 9.17) is 0 Å². The summed E-state index contributed by atoms with van der Waals surface area (Å²) < 4.78 is 5.04. The second kappa shape index (κ2) is 7.44. The van der Waals surface area contributed by atoms with Gasteiger partial charge in [-0.1, -0.05) is 79.8 Å². The predicted molar refractivity (Wildman–Crippen MR) is 157 cm³/mol. The summed E-state index contributed by atoms with van der Waals surface area (Å²) in [5.41, 5.74) is 11.2. The summed E-state index contributed by atoms with van der Waals surface area (Å²) in [6.07, 6.45) is 8.95. The van der Waals surface area contributed by atoms with Crippen LogP contribution in [0.2, 0.25) is 0 Å². The van der Waals surface area contributed by atoms with Gasteiger partial charge in [-0.15, -0.1) is 0 Å². The lowest BCUT2D eigenvalue weighted by Crippen LogP contribution is -2.29. The first-order valence-electron chi connectivity index (χ1n) is 13.9. The van der Waals surface area contributed by atoms with Crippen molar-refractivity contribution < 1.29 is 4.57 Å². The molecule has 2 nitrogen and oxygen atoms in total. The minimum Gasteiger partial charge on any atom is -0.307 e. The maximum absolute atomic E-state index is 2.68. The van der Waals surface area contributed by atoms with Crippen molar-refractivity contribution in [2.75, 3.05) is 0 Å². The van der Waals surface area contributed by atoms with E-state index in [2.05, 4.69) is 97.6 Å². The fraction of sp³-hybridized carbons (Fsp3) is 0.286. The largest absolute Gasteiger partial charge is 0.307 e. The molecule has 8 rings (SSSR count). The zero-order valence-corrected chi connectivity index (χ0v) is 22.3. The molecule has 3 aromatic heterocycles. The number of rotatable bonds is 2. The molecule has 0 aliphatic heterocycles. The molecule has 0 spiro atoms. The Morgan fingerprint density at radius 1 is 0.757 bits per heavy atom. The number of aromatic nitrogens is 2. The Bertz CT molecular complexity index is 2050. The lowest BCUT2D eigenvalue weighted by Gasteiger charge is -2.18. The van der Waals surface area contributed by atoms with Crippen LogP contribution in [0.5, 0.6) is 0 Å². The van der Waals surface area contributed by atoms with Gasteiger partial charge in [0.15, 0.2) is 6.20 Å². The quantitative estimate of drug-likeness (QED) is 0.133. The van der Waals surface area contributed by atoms with Crippen LogP contribution in [-0.4, -0.2) is 4.40 Å². The van der Waals surface area contributed by atoms with Gasteiger partial charge in [-0.2, -0.15) is 0 Å². The number of pyridine rings is 2. The number of nitrogens with zero attached hydrogens (tertiary/aromatic N) is 2. The van der Waals surface area contributed by atoms with Crippen LogP contribution in [-0.2, 0) is 13.5 Å². The highest BCUT2D eigenvalue weighted by Crippen LogP contribution is 2.45. The van der Waals surface area contributed by atoms with Crippen molar-refractivity contribution in [3.05, 3.63) is 83.0 Å². The lowest BCUT2D eigenvalue weighted by molar-refractivity contribution is -0.643. The van der Waals surface area contributed by atoms with E-state index in [1.807, 2.05) is 0 Å². The molecule has 3 heterocycles. The van der Waals surface area contributed by atoms with Gasteiger partial charge in [-0.05, 0) is 66.0 Å². The highest BCUT2D eigenvalue weighted by Gasteiger charge is 2.27. The molecule has 1 fully saturated rings. The van der Waals surface area contributed by atoms with Crippen molar-refractivity contribution >= 4 is 59.8 Å². The molecule has 37 heavy (non-hydrogen) atoms. The summed E-state index contributed by atoms with van der Waals surface area (Å²) in [5.74, 6) is 0.812. The first-order chi connectivity index (χ1) is 18.0. The van der Waals surface area contributed by atoms with Gasteiger partial charge in [-0.25, -0.2) is 4.57 Å². The summed E-state index contributed by atoms with van der Waals surface area (Å²) in [6, 6.07) is 21.1. The molecule has 1 saturated carbocycles. The van der Waals surface area contributed by atoms with Gasteiger partial charge in [0, 0.05) is 16.8 Å². The van der Waals surface area contributed by atoms with Crippen LogP contribution < -0.4 is 4.57 Å². The van der Waals surface area contributed by atoms with Crippen molar-refractivity contribution in [2.24, 2.45) is 13.0 Å². The monoisotopic (exact) mass is 481 g/mol. The van der Waals surface area contributed by atoms with Crippen LogP contribution in [0.1, 0.15) is 47.9 Å². The maximum atomic E-state index is 2.68. The van der Waals surface area contributed by atoms with E-state index in [0.717, 1.165) is 5.92 Å². The van der Waals surface area contributed by atoms with E-state index < -0.39 is 0 Å². The van der Waals surface area contributed by atoms with Gasteiger partial charge >= 0.3 is 0 Å². The van der Waals surface area contributed by atoms with Gasteiger partial charge in [0.1, 0.15) is 7.05 Å². The summed E-state index contributed by atoms with van der Waals surface area (Å²) >= 11 is 0. The lowest BCUT2D eigenvalue weighted by atomic mass is 9.92. The number of aryl methyl sites for hydroxylation is 4. The molecular formula is C35H33N2+. The van der Waals surface area contributed by atoms with Crippen LogP contribution in [0.3, 0.4) is 0 Å². The summed E-state index contributed by atoms with van der Waals surface area (Å²) in [7, 11) is 2.22. The molecule has 4 aromatic carbocycles. The number of fused-ring (bicyclic) bond motifs is 7. The molecule has 0 bridgehead atoms. The Balaban J connectivity index is 1.70. The molecule has 1 aliphatic rings.